The van der Waals surface area contributed by atoms with Gasteiger partial charge in [-0.05, 0) is 6.92 Å². The average molecular weight is 151 g/mol. The lowest BCUT2D eigenvalue weighted by molar-refractivity contribution is -0.119. The molecule has 0 heterocycles. The fraction of sp³-hybridized carbons (Fsp3) is 0.750. The van der Waals surface area contributed by atoms with E-state index in [4.69, 9.17) is 0 Å². The van der Waals surface area contributed by atoms with Crippen molar-refractivity contribution >= 4 is 14.0 Å². The van der Waals surface area contributed by atoms with E-state index in [1.807, 2.05) is 0 Å². The Morgan fingerprint density at radius 3 is 2.56 bits per heavy atom. The summed E-state index contributed by atoms with van der Waals surface area (Å²) in [6.45, 7) is 1.20. The molecule has 0 aromatic heterocycles. The van der Waals surface area contributed by atoms with Gasteiger partial charge >= 0.3 is 8.25 Å². The highest BCUT2D eigenvalue weighted by molar-refractivity contribution is 7.33. The summed E-state index contributed by atoms with van der Waals surface area (Å²) in [6.07, 6.45) is 0. The van der Waals surface area contributed by atoms with Gasteiger partial charge in [-0.15, -0.1) is 9.05 Å². The van der Waals surface area contributed by atoms with Crippen LogP contribution in [0.25, 0.3) is 0 Å². The molecule has 4 nitrogen and oxygen atoms in total. The van der Waals surface area contributed by atoms with E-state index in [9.17, 15) is 9.36 Å². The van der Waals surface area contributed by atoms with Crippen molar-refractivity contribution in [1.29, 1.82) is 0 Å². The summed E-state index contributed by atoms with van der Waals surface area (Å²) < 4.78 is 18.9. The van der Waals surface area contributed by atoms with Gasteiger partial charge in [-0.1, -0.05) is 0 Å². The van der Waals surface area contributed by atoms with Crippen LogP contribution in [0.2, 0.25) is 0 Å². The smallest absolute Gasteiger partial charge is 0.297 e. The second-order valence-corrected chi connectivity index (χ2v) is 2.45. The minimum absolute atomic E-state index is 0.150. The molecule has 0 amide bonds. The summed E-state index contributed by atoms with van der Waals surface area (Å²) in [5.74, 6) is -0.171. The van der Waals surface area contributed by atoms with Crippen molar-refractivity contribution in [2.45, 2.75) is 6.92 Å². The van der Waals surface area contributed by atoms with Crippen LogP contribution in [0.4, 0.5) is 0 Å². The van der Waals surface area contributed by atoms with Crippen molar-refractivity contribution in [3.63, 3.8) is 0 Å². The zero-order valence-corrected chi connectivity index (χ0v) is 6.18. The molecule has 52 valence electrons. The molecule has 9 heavy (non-hydrogen) atoms. The van der Waals surface area contributed by atoms with Gasteiger partial charge < -0.3 is 0 Å². The Morgan fingerprint density at radius 2 is 2.22 bits per heavy atom. The number of hydrogen-bond donors (Lipinski definition) is 0. The highest BCUT2D eigenvalue weighted by Crippen LogP contribution is 2.20. The highest BCUT2D eigenvalue weighted by Gasteiger charge is 2.17. The van der Waals surface area contributed by atoms with Gasteiger partial charge in [0.15, 0.2) is 12.4 Å². The molecule has 0 rings (SSSR count). The van der Waals surface area contributed by atoms with Gasteiger partial charge in [-0.25, -0.2) is 0 Å². The van der Waals surface area contributed by atoms with Crippen LogP contribution in [0.3, 0.4) is 0 Å². The third-order valence-electron chi connectivity index (χ3n) is 0.522. The van der Waals surface area contributed by atoms with Crippen molar-refractivity contribution in [3.05, 3.63) is 0 Å². The molecule has 0 aliphatic carbocycles. The number of hydrogen-bond acceptors (Lipinski definition) is 4. The van der Waals surface area contributed by atoms with Gasteiger partial charge in [0.1, 0.15) is 0 Å². The lowest BCUT2D eigenvalue weighted by atomic mass is 10.5. The van der Waals surface area contributed by atoms with Crippen LogP contribution in [0.5, 0.6) is 0 Å². The maximum absolute atomic E-state index is 10.3. The third-order valence-corrected chi connectivity index (χ3v) is 1.16. The van der Waals surface area contributed by atoms with E-state index < -0.39 is 8.25 Å². The molecule has 0 fully saturated rings. The maximum Gasteiger partial charge on any atom is 0.697 e. The van der Waals surface area contributed by atoms with E-state index in [0.717, 1.165) is 0 Å². The molecule has 1 unspecified atom stereocenters. The first-order chi connectivity index (χ1) is 4.16. The van der Waals surface area contributed by atoms with Gasteiger partial charge in [0.25, 0.3) is 0 Å². The molecule has 0 N–H and O–H groups in total. The molecule has 0 saturated heterocycles. The van der Waals surface area contributed by atoms with Crippen LogP contribution in [0, 0.1) is 0 Å². The van der Waals surface area contributed by atoms with E-state index in [2.05, 4.69) is 9.05 Å². The van der Waals surface area contributed by atoms with Crippen LogP contribution in [0.1, 0.15) is 6.92 Å². The number of rotatable bonds is 4. The standard InChI is InChI=1S/C4H8O4P/c1-4(5)3-8-9(6)7-2/h3H2,1-2H3/q+1. The molecule has 1 atom stereocenters. The fourth-order valence-corrected chi connectivity index (χ4v) is 0.589. The van der Waals surface area contributed by atoms with Crippen LogP contribution in [-0.2, 0) is 18.4 Å². The fourth-order valence-electron chi connectivity index (χ4n) is 0.196. The van der Waals surface area contributed by atoms with Crippen molar-refractivity contribution in [2.75, 3.05) is 13.7 Å². The highest BCUT2D eigenvalue weighted by atomic mass is 31.1. The Bertz CT molecular complexity index is 122. The molecule has 5 heteroatoms. The lowest BCUT2D eigenvalue weighted by Gasteiger charge is -1.80. The number of carbonyl (C=O) groups excluding carboxylic acids is 1. The first kappa shape index (κ1) is 8.69. The van der Waals surface area contributed by atoms with Crippen molar-refractivity contribution in [1.82, 2.24) is 0 Å². The molecule has 0 aliphatic heterocycles. The Kier molecular flexibility index (Phi) is 4.40. The van der Waals surface area contributed by atoms with E-state index in [1.54, 1.807) is 0 Å². The van der Waals surface area contributed by atoms with Gasteiger partial charge in [0.05, 0.1) is 7.11 Å². The summed E-state index contributed by atoms with van der Waals surface area (Å²) in [7, 11) is -0.833. The summed E-state index contributed by atoms with van der Waals surface area (Å²) in [4.78, 5) is 10.2. The van der Waals surface area contributed by atoms with Crippen LogP contribution < -0.4 is 0 Å². The zero-order chi connectivity index (χ0) is 7.28. The lowest BCUT2D eigenvalue weighted by Crippen LogP contribution is -1.98. The topological polar surface area (TPSA) is 52.6 Å². The molecule has 0 spiro atoms. The van der Waals surface area contributed by atoms with Gasteiger partial charge in [0, 0.05) is 4.57 Å². The van der Waals surface area contributed by atoms with Crippen LogP contribution in [-0.4, -0.2) is 19.5 Å². The van der Waals surface area contributed by atoms with Gasteiger partial charge in [0.2, 0.25) is 0 Å². The third kappa shape index (κ3) is 5.56. The number of Topliss-reactive ketones (excluding diaryl/α,β-unsaturated/α-hetero) is 1. The molecule has 0 radical (unpaired) electrons. The number of carbonyl (C=O) groups is 1. The molecular formula is C4H8O4P+. The quantitative estimate of drug-likeness (QED) is 0.560. The van der Waals surface area contributed by atoms with Crippen molar-refractivity contribution < 1.29 is 18.4 Å². The summed E-state index contributed by atoms with van der Waals surface area (Å²) in [5, 5.41) is 0. The second-order valence-electron chi connectivity index (χ2n) is 1.38. The van der Waals surface area contributed by atoms with Crippen LogP contribution in [0.15, 0.2) is 0 Å². The average Bonchev–Trinajstić information content (AvgIpc) is 1.83. The second kappa shape index (κ2) is 4.56. The Morgan fingerprint density at radius 1 is 1.67 bits per heavy atom. The van der Waals surface area contributed by atoms with Crippen LogP contribution >= 0.6 is 8.25 Å². The van der Waals surface area contributed by atoms with Gasteiger partial charge in [-0.3, -0.25) is 4.79 Å². The molecular weight excluding hydrogens is 143 g/mol. The molecule has 0 aromatic rings. The Labute approximate surface area is 54.1 Å². The Balaban J connectivity index is 3.28. The minimum atomic E-state index is -2.08. The molecule has 0 bridgehead atoms. The largest absolute Gasteiger partial charge is 0.697 e. The monoisotopic (exact) mass is 151 g/mol. The summed E-state index contributed by atoms with van der Waals surface area (Å²) in [6, 6.07) is 0. The van der Waals surface area contributed by atoms with E-state index in [0.29, 0.717) is 0 Å². The van der Waals surface area contributed by atoms with Crippen molar-refractivity contribution in [2.24, 2.45) is 0 Å². The summed E-state index contributed by atoms with van der Waals surface area (Å²) >= 11 is 0. The molecule has 0 saturated carbocycles. The van der Waals surface area contributed by atoms with E-state index in [-0.39, 0.29) is 12.4 Å². The molecule has 0 aromatic carbocycles. The first-order valence-electron chi connectivity index (χ1n) is 2.30. The van der Waals surface area contributed by atoms with E-state index >= 15 is 0 Å². The minimum Gasteiger partial charge on any atom is -0.297 e. The predicted octanol–water partition coefficient (Wildman–Crippen LogP) is 0.896. The zero-order valence-electron chi connectivity index (χ0n) is 5.29. The normalized spacial score (nSPS) is 11.1. The Hall–Kier alpha value is -0.310. The number of ketones is 1. The van der Waals surface area contributed by atoms with Gasteiger partial charge in [-0.2, -0.15) is 0 Å². The van der Waals surface area contributed by atoms with Crippen molar-refractivity contribution in [3.8, 4) is 0 Å². The predicted molar refractivity (Wildman–Crippen MR) is 31.2 cm³/mol. The first-order valence-corrected chi connectivity index (χ1v) is 3.40. The van der Waals surface area contributed by atoms with E-state index in [1.165, 1.54) is 14.0 Å². The SMILES string of the molecule is CO[P+](=O)OCC(C)=O. The molecule has 0 aliphatic rings. The maximum atomic E-state index is 10.3. The summed E-state index contributed by atoms with van der Waals surface area (Å²) in [5.41, 5.74) is 0.